The lowest BCUT2D eigenvalue weighted by molar-refractivity contribution is -0.117. The topological polar surface area (TPSA) is 130 Å². The molecular formula is C35H38Cl2N6O5. The SMILES string of the molecule is COc1cc2c(cc1OC(N)CCN1CCN(CC(=O)Nc3ccc(Cl)cc3C(=O)c3ccccc3Cl)CC1)N=C[C@@H]1CCCN1C2=O. The molecule has 3 aromatic rings. The number of methoxy groups -OCH3 is 1. The van der Waals surface area contributed by atoms with Crippen molar-refractivity contribution in [1.29, 1.82) is 0 Å². The Morgan fingerprint density at radius 2 is 1.77 bits per heavy atom. The first-order valence-electron chi connectivity index (χ1n) is 16.0. The average Bonchev–Trinajstić information content (AvgIpc) is 3.51. The van der Waals surface area contributed by atoms with Crippen LogP contribution < -0.4 is 20.5 Å². The highest BCUT2D eigenvalue weighted by atomic mass is 35.5. The summed E-state index contributed by atoms with van der Waals surface area (Å²) in [5.74, 6) is 0.295. The molecule has 0 radical (unpaired) electrons. The Kier molecular flexibility index (Phi) is 10.6. The molecule has 0 aromatic heterocycles. The van der Waals surface area contributed by atoms with Crippen LogP contribution in [0.2, 0.25) is 10.0 Å². The first-order chi connectivity index (χ1) is 23.2. The Bertz CT molecular complexity index is 1730. The molecule has 0 aliphatic carbocycles. The van der Waals surface area contributed by atoms with E-state index in [9.17, 15) is 14.4 Å². The molecule has 48 heavy (non-hydrogen) atoms. The molecule has 1 unspecified atom stereocenters. The Morgan fingerprint density at radius 3 is 2.54 bits per heavy atom. The number of amides is 2. The van der Waals surface area contributed by atoms with Gasteiger partial charge in [0.05, 0.1) is 41.7 Å². The van der Waals surface area contributed by atoms with Crippen molar-refractivity contribution in [3.05, 3.63) is 81.3 Å². The summed E-state index contributed by atoms with van der Waals surface area (Å²) < 4.78 is 11.6. The first kappa shape index (κ1) is 33.9. The highest BCUT2D eigenvalue weighted by Gasteiger charge is 2.33. The molecule has 2 atom stereocenters. The monoisotopic (exact) mass is 692 g/mol. The summed E-state index contributed by atoms with van der Waals surface area (Å²) in [6.45, 7) is 4.51. The summed E-state index contributed by atoms with van der Waals surface area (Å²) in [5.41, 5.74) is 8.43. The third kappa shape index (κ3) is 7.66. The number of hydrogen-bond donors (Lipinski definition) is 2. The molecule has 0 saturated carbocycles. The fourth-order valence-electron chi connectivity index (χ4n) is 6.30. The van der Waals surface area contributed by atoms with E-state index in [1.807, 2.05) is 11.1 Å². The molecule has 11 nitrogen and oxygen atoms in total. The molecular weight excluding hydrogens is 655 g/mol. The highest BCUT2D eigenvalue weighted by molar-refractivity contribution is 6.36. The maximum atomic E-state index is 13.3. The van der Waals surface area contributed by atoms with E-state index in [1.54, 1.807) is 48.5 Å². The second kappa shape index (κ2) is 15.0. The van der Waals surface area contributed by atoms with E-state index in [0.717, 1.165) is 32.5 Å². The van der Waals surface area contributed by atoms with Gasteiger partial charge in [0, 0.05) is 74.1 Å². The molecule has 0 bridgehead atoms. The smallest absolute Gasteiger partial charge is 0.256 e. The van der Waals surface area contributed by atoms with E-state index >= 15 is 0 Å². The van der Waals surface area contributed by atoms with Crippen molar-refractivity contribution in [3.63, 3.8) is 0 Å². The number of nitrogens with one attached hydrogen (secondary N) is 1. The van der Waals surface area contributed by atoms with Gasteiger partial charge in [-0.3, -0.25) is 30.0 Å². The number of hydrogen-bond acceptors (Lipinski definition) is 9. The normalized spacial score (nSPS) is 18.5. The number of halogens is 2. The van der Waals surface area contributed by atoms with Crippen molar-refractivity contribution >= 4 is 58.4 Å². The maximum Gasteiger partial charge on any atom is 0.256 e. The van der Waals surface area contributed by atoms with Crippen molar-refractivity contribution in [2.24, 2.45) is 10.7 Å². The van der Waals surface area contributed by atoms with E-state index in [1.165, 1.54) is 13.2 Å². The minimum atomic E-state index is -0.601. The molecule has 3 heterocycles. The lowest BCUT2D eigenvalue weighted by atomic mass is 10.0. The van der Waals surface area contributed by atoms with Crippen LogP contribution in [0.4, 0.5) is 11.4 Å². The summed E-state index contributed by atoms with van der Waals surface area (Å²) in [7, 11) is 1.54. The summed E-state index contributed by atoms with van der Waals surface area (Å²) >= 11 is 12.5. The molecule has 3 aliphatic heterocycles. The molecule has 2 saturated heterocycles. The Balaban J connectivity index is 0.987. The van der Waals surface area contributed by atoms with Gasteiger partial charge in [-0.2, -0.15) is 0 Å². The summed E-state index contributed by atoms with van der Waals surface area (Å²) in [6.07, 6.45) is 3.69. The molecule has 252 valence electrons. The summed E-state index contributed by atoms with van der Waals surface area (Å²) in [6, 6.07) is 15.0. The van der Waals surface area contributed by atoms with Gasteiger partial charge < -0.3 is 24.6 Å². The largest absolute Gasteiger partial charge is 0.493 e. The minimum Gasteiger partial charge on any atom is -0.493 e. The molecule has 6 rings (SSSR count). The predicted molar refractivity (Wildman–Crippen MR) is 186 cm³/mol. The Labute approximate surface area is 289 Å². The minimum absolute atomic E-state index is 0.0179. The lowest BCUT2D eigenvalue weighted by Crippen LogP contribution is -2.49. The van der Waals surface area contributed by atoms with E-state index in [0.29, 0.717) is 70.1 Å². The molecule has 13 heteroatoms. The molecule has 0 spiro atoms. The van der Waals surface area contributed by atoms with Crippen LogP contribution in [0.5, 0.6) is 11.5 Å². The van der Waals surface area contributed by atoms with Gasteiger partial charge in [0.1, 0.15) is 6.23 Å². The standard InChI is InChI=1S/C35H38Cl2N6O5/c1-47-30-18-26-29(39-20-23-5-4-11-43(23)35(26)46)19-31(30)48-32(38)10-12-41-13-15-42(16-14-41)21-33(44)40-28-9-8-22(36)17-25(28)34(45)24-6-2-3-7-27(24)37/h2-3,6-9,17-20,23,32H,4-5,10-16,21,38H2,1H3,(H,40,44)/t23-,32?/m0/s1. The second-order valence-corrected chi connectivity index (χ2v) is 13.0. The number of ether oxygens (including phenoxy) is 2. The molecule has 3 aromatic carbocycles. The first-order valence-corrected chi connectivity index (χ1v) is 16.8. The Morgan fingerprint density at radius 1 is 1.00 bits per heavy atom. The Hall–Kier alpha value is -4.00. The van der Waals surface area contributed by atoms with Gasteiger partial charge in [0.2, 0.25) is 5.91 Å². The van der Waals surface area contributed by atoms with Crippen LogP contribution in [0.3, 0.4) is 0 Å². The van der Waals surface area contributed by atoms with Gasteiger partial charge >= 0.3 is 0 Å². The third-order valence-electron chi connectivity index (χ3n) is 8.92. The van der Waals surface area contributed by atoms with Crippen molar-refractivity contribution in [2.45, 2.75) is 31.5 Å². The lowest BCUT2D eigenvalue weighted by Gasteiger charge is -2.34. The number of nitrogens with two attached hydrogens (primary N) is 1. The van der Waals surface area contributed by atoms with Crippen LogP contribution >= 0.6 is 23.2 Å². The fraction of sp³-hybridized carbons (Fsp3) is 0.371. The zero-order valence-corrected chi connectivity index (χ0v) is 28.2. The quantitative estimate of drug-likeness (QED) is 0.215. The van der Waals surface area contributed by atoms with Gasteiger partial charge in [0.15, 0.2) is 17.3 Å². The number of carbonyl (C=O) groups is 3. The maximum absolute atomic E-state index is 13.3. The average molecular weight is 694 g/mol. The van der Waals surface area contributed by atoms with Crippen molar-refractivity contribution in [1.82, 2.24) is 14.7 Å². The second-order valence-electron chi connectivity index (χ2n) is 12.1. The van der Waals surface area contributed by atoms with Crippen LogP contribution in [0.1, 0.15) is 45.5 Å². The van der Waals surface area contributed by atoms with E-state index in [2.05, 4.69) is 20.1 Å². The molecule has 2 fully saturated rings. The number of rotatable bonds is 11. The van der Waals surface area contributed by atoms with Crippen LogP contribution in [-0.4, -0.2) is 104 Å². The zero-order valence-electron chi connectivity index (χ0n) is 26.7. The van der Waals surface area contributed by atoms with E-state index in [-0.39, 0.29) is 35.7 Å². The van der Waals surface area contributed by atoms with Crippen LogP contribution in [0, 0.1) is 0 Å². The van der Waals surface area contributed by atoms with Crippen molar-refractivity contribution < 1.29 is 23.9 Å². The molecule has 3 N–H and O–H groups in total. The number of nitrogens with zero attached hydrogens (tertiary/aromatic N) is 4. The van der Waals surface area contributed by atoms with E-state index in [4.69, 9.17) is 38.4 Å². The zero-order chi connectivity index (χ0) is 33.8. The third-order valence-corrected chi connectivity index (χ3v) is 9.48. The number of fused-ring (bicyclic) bond motifs is 2. The molecule has 2 amide bonds. The number of carbonyl (C=O) groups excluding carboxylic acids is 3. The fourth-order valence-corrected chi connectivity index (χ4v) is 6.69. The van der Waals surface area contributed by atoms with Crippen molar-refractivity contribution in [2.75, 3.05) is 58.2 Å². The number of aliphatic imine (C=N–C) groups is 1. The number of ketones is 1. The van der Waals surface area contributed by atoms with Crippen LogP contribution in [-0.2, 0) is 4.79 Å². The van der Waals surface area contributed by atoms with Gasteiger partial charge in [0.25, 0.3) is 5.91 Å². The highest BCUT2D eigenvalue weighted by Crippen LogP contribution is 2.38. The predicted octanol–water partition coefficient (Wildman–Crippen LogP) is 4.86. The van der Waals surface area contributed by atoms with Gasteiger partial charge in [-0.05, 0) is 49.2 Å². The van der Waals surface area contributed by atoms with Gasteiger partial charge in [-0.15, -0.1) is 0 Å². The summed E-state index contributed by atoms with van der Waals surface area (Å²) in [5, 5.41) is 3.59. The number of piperazine rings is 1. The van der Waals surface area contributed by atoms with Crippen LogP contribution in [0.25, 0.3) is 0 Å². The van der Waals surface area contributed by atoms with Gasteiger partial charge in [-0.25, -0.2) is 0 Å². The number of benzene rings is 3. The van der Waals surface area contributed by atoms with Crippen LogP contribution in [0.15, 0.2) is 59.6 Å². The number of anilines is 1. The molecule has 3 aliphatic rings. The van der Waals surface area contributed by atoms with E-state index < -0.39 is 6.23 Å². The summed E-state index contributed by atoms with van der Waals surface area (Å²) in [4.78, 5) is 50.2. The van der Waals surface area contributed by atoms with Crippen molar-refractivity contribution in [3.8, 4) is 11.5 Å². The van der Waals surface area contributed by atoms with Gasteiger partial charge in [-0.1, -0.05) is 35.3 Å².